The zero-order valence-corrected chi connectivity index (χ0v) is 29.1. The van der Waals surface area contributed by atoms with Crippen LogP contribution >= 0.6 is 11.6 Å². The van der Waals surface area contributed by atoms with Crippen LogP contribution in [-0.4, -0.2) is 71.9 Å². The zero-order chi connectivity index (χ0) is 36.6. The van der Waals surface area contributed by atoms with Gasteiger partial charge in [0.05, 0.1) is 18.1 Å². The number of nitrogens with zero attached hydrogens (tertiary/aromatic N) is 1. The van der Waals surface area contributed by atoms with E-state index < -0.39 is 70.5 Å². The van der Waals surface area contributed by atoms with Crippen LogP contribution in [-0.2, 0) is 54.1 Å². The number of ether oxygens (including phenoxy) is 6. The normalized spacial score (nSPS) is 20.4. The van der Waals surface area contributed by atoms with E-state index in [-0.39, 0.29) is 37.5 Å². The number of hydrogen-bond donors (Lipinski definition) is 0. The molecule has 1 aliphatic rings. The molecule has 0 radical (unpaired) electrons. The van der Waals surface area contributed by atoms with E-state index in [1.54, 1.807) is 31.2 Å². The molecule has 0 amide bonds. The van der Waals surface area contributed by atoms with Crippen LogP contribution in [0.4, 0.5) is 5.69 Å². The molecular formula is C34H40ClNO13. The Bertz CT molecular complexity index is 1590. The number of rotatable bonds is 13. The number of hydrogen-bond acceptors (Lipinski definition) is 13. The summed E-state index contributed by atoms with van der Waals surface area (Å²) in [5.41, 5.74) is -0.226. The van der Waals surface area contributed by atoms with E-state index in [0.717, 1.165) is 6.92 Å². The first-order valence-electron chi connectivity index (χ1n) is 15.5. The fourth-order valence-electron chi connectivity index (χ4n) is 5.72. The van der Waals surface area contributed by atoms with E-state index >= 15 is 0 Å². The molecule has 2 aromatic rings. The molecule has 5 atom stereocenters. The maximum absolute atomic E-state index is 12.3. The fraction of sp³-hybridized carbons (Fsp3) is 0.500. The molecule has 0 aliphatic heterocycles. The summed E-state index contributed by atoms with van der Waals surface area (Å²) < 4.78 is 32.9. The molecule has 1 saturated carbocycles. The zero-order valence-electron chi connectivity index (χ0n) is 28.3. The third kappa shape index (κ3) is 10.4. The van der Waals surface area contributed by atoms with Gasteiger partial charge in [-0.2, -0.15) is 0 Å². The van der Waals surface area contributed by atoms with Gasteiger partial charge < -0.3 is 28.4 Å². The summed E-state index contributed by atoms with van der Waals surface area (Å²) in [6, 6.07) is 9.36. The van der Waals surface area contributed by atoms with E-state index in [4.69, 9.17) is 40.0 Å². The average molecular weight is 706 g/mol. The number of nitro benzene ring substituents is 1. The molecule has 1 aliphatic carbocycles. The fourth-order valence-corrected chi connectivity index (χ4v) is 5.90. The van der Waals surface area contributed by atoms with E-state index in [0.29, 0.717) is 21.7 Å². The third-order valence-electron chi connectivity index (χ3n) is 7.72. The van der Waals surface area contributed by atoms with Crippen LogP contribution in [0, 0.1) is 16.0 Å². The number of nitro groups is 1. The monoisotopic (exact) mass is 705 g/mol. The second kappa shape index (κ2) is 16.6. The summed E-state index contributed by atoms with van der Waals surface area (Å²) >= 11 is 6.60. The summed E-state index contributed by atoms with van der Waals surface area (Å²) in [6.45, 7) is 9.20. The van der Waals surface area contributed by atoms with Gasteiger partial charge in [-0.3, -0.25) is 29.3 Å². The predicted molar refractivity (Wildman–Crippen MR) is 173 cm³/mol. The average Bonchev–Trinajstić information content (AvgIpc) is 2.99. The van der Waals surface area contributed by atoms with E-state index in [1.165, 1.54) is 46.8 Å². The van der Waals surface area contributed by atoms with Crippen LogP contribution in [0.25, 0.3) is 0 Å². The van der Waals surface area contributed by atoms with Crippen molar-refractivity contribution in [2.24, 2.45) is 5.92 Å². The van der Waals surface area contributed by atoms with Crippen molar-refractivity contribution >= 4 is 47.1 Å². The van der Waals surface area contributed by atoms with Gasteiger partial charge in [-0.25, -0.2) is 4.79 Å². The molecule has 2 aromatic carbocycles. The van der Waals surface area contributed by atoms with Crippen molar-refractivity contribution in [1.82, 2.24) is 0 Å². The smallest absolute Gasteiger partial charge is 0.349 e. The number of carbonyl (C=O) groups excluding carboxylic acids is 5. The van der Waals surface area contributed by atoms with Crippen molar-refractivity contribution in [2.45, 2.75) is 91.1 Å². The molecule has 3 rings (SSSR count). The summed E-state index contributed by atoms with van der Waals surface area (Å²) in [5, 5.41) is 12.4. The number of carbonyl (C=O) groups is 5. The molecule has 0 saturated heterocycles. The van der Waals surface area contributed by atoms with Gasteiger partial charge in [0, 0.05) is 50.6 Å². The lowest BCUT2D eigenvalue weighted by molar-refractivity contribution is -0.386. The SMILES string of the molecule is CCOC(=O)C(C)(C)Oc1ccc(Cc2cc([C@@H]3C[C@H](COC(C)=O)[C@@H](OC(C)=O)[C@H](OC(C)=O)[C@H]3OC(C)=O)ccc2Cl)cc1[N+](=O)[O-]. The highest BCUT2D eigenvalue weighted by Crippen LogP contribution is 2.43. The molecule has 1 fully saturated rings. The second-order valence-corrected chi connectivity index (χ2v) is 12.5. The molecule has 15 heteroatoms. The van der Waals surface area contributed by atoms with Crippen molar-refractivity contribution in [3.8, 4) is 5.75 Å². The first-order valence-corrected chi connectivity index (χ1v) is 15.9. The number of halogens is 1. The highest BCUT2D eigenvalue weighted by atomic mass is 35.5. The van der Waals surface area contributed by atoms with Gasteiger partial charge in [0.15, 0.2) is 11.9 Å². The summed E-state index contributed by atoms with van der Waals surface area (Å²) in [4.78, 5) is 72.2. The predicted octanol–water partition coefficient (Wildman–Crippen LogP) is 5.02. The molecule has 266 valence electrons. The highest BCUT2D eigenvalue weighted by Gasteiger charge is 2.51. The van der Waals surface area contributed by atoms with Crippen LogP contribution in [0.3, 0.4) is 0 Å². The Labute approximate surface area is 288 Å². The Balaban J connectivity index is 2.05. The quantitative estimate of drug-likeness (QED) is 0.117. The molecule has 49 heavy (non-hydrogen) atoms. The molecule has 0 unspecified atom stereocenters. The lowest BCUT2D eigenvalue weighted by Crippen LogP contribution is -2.56. The van der Waals surface area contributed by atoms with Gasteiger partial charge in [-0.15, -0.1) is 0 Å². The Kier molecular flexibility index (Phi) is 13.1. The largest absolute Gasteiger partial charge is 0.469 e. The minimum absolute atomic E-state index is 0.110. The van der Waals surface area contributed by atoms with Crippen LogP contribution in [0.1, 0.15) is 77.5 Å². The maximum atomic E-state index is 12.3. The van der Waals surface area contributed by atoms with Gasteiger partial charge in [0.1, 0.15) is 12.2 Å². The molecule has 0 N–H and O–H groups in total. The minimum Gasteiger partial charge on any atom is -0.469 e. The van der Waals surface area contributed by atoms with Crippen molar-refractivity contribution in [3.05, 3.63) is 68.2 Å². The van der Waals surface area contributed by atoms with Gasteiger partial charge in [0.25, 0.3) is 0 Å². The van der Waals surface area contributed by atoms with Crippen LogP contribution in [0.15, 0.2) is 36.4 Å². The van der Waals surface area contributed by atoms with Gasteiger partial charge in [-0.05, 0) is 62.4 Å². The highest BCUT2D eigenvalue weighted by molar-refractivity contribution is 6.31. The Hall–Kier alpha value is -4.72. The van der Waals surface area contributed by atoms with Crippen molar-refractivity contribution < 1.29 is 57.3 Å². The second-order valence-electron chi connectivity index (χ2n) is 12.0. The first-order chi connectivity index (χ1) is 22.9. The minimum atomic E-state index is -1.50. The topological polar surface area (TPSA) is 184 Å². The summed E-state index contributed by atoms with van der Waals surface area (Å²) in [7, 11) is 0. The Morgan fingerprint density at radius 1 is 0.857 bits per heavy atom. The van der Waals surface area contributed by atoms with Gasteiger partial charge >= 0.3 is 35.5 Å². The van der Waals surface area contributed by atoms with Gasteiger partial charge in [-0.1, -0.05) is 29.8 Å². The van der Waals surface area contributed by atoms with E-state index in [1.807, 2.05) is 0 Å². The molecule has 0 aromatic heterocycles. The van der Waals surface area contributed by atoms with Crippen molar-refractivity contribution in [1.29, 1.82) is 0 Å². The lowest BCUT2D eigenvalue weighted by atomic mass is 9.72. The molecule has 0 spiro atoms. The van der Waals surface area contributed by atoms with Crippen LogP contribution < -0.4 is 4.74 Å². The maximum Gasteiger partial charge on any atom is 0.349 e. The third-order valence-corrected chi connectivity index (χ3v) is 8.09. The van der Waals surface area contributed by atoms with Crippen LogP contribution in [0.5, 0.6) is 5.75 Å². The number of benzene rings is 2. The van der Waals surface area contributed by atoms with Crippen LogP contribution in [0.2, 0.25) is 5.02 Å². The van der Waals surface area contributed by atoms with Gasteiger partial charge in [0.2, 0.25) is 5.60 Å². The molecular weight excluding hydrogens is 666 g/mol. The van der Waals surface area contributed by atoms with Crippen molar-refractivity contribution in [2.75, 3.05) is 13.2 Å². The number of esters is 5. The van der Waals surface area contributed by atoms with Crippen molar-refractivity contribution in [3.63, 3.8) is 0 Å². The lowest BCUT2D eigenvalue weighted by Gasteiger charge is -2.44. The molecule has 0 heterocycles. The standard InChI is InChI=1S/C34H40ClNO13/c1-8-44-33(41)34(6,7)49-29-12-9-22(14-28(29)36(42)43)13-24-15-23(10-11-27(24)35)26-16-25(17-45-18(2)37)30(46-19(3)38)32(48-21(5)40)31(26)47-20(4)39/h9-12,14-15,25-26,30-32H,8,13,16-17H2,1-7H3/t25-,26+,30-,31+,32+/m1/s1. The summed E-state index contributed by atoms with van der Waals surface area (Å²) in [5.74, 6) is -4.79. The summed E-state index contributed by atoms with van der Waals surface area (Å²) in [6.07, 6.45) is -3.18. The molecule has 14 nitrogen and oxygen atoms in total. The molecule has 0 bridgehead atoms. The van der Waals surface area contributed by atoms with E-state index in [9.17, 15) is 34.1 Å². The Morgan fingerprint density at radius 3 is 2.04 bits per heavy atom. The Morgan fingerprint density at radius 2 is 1.47 bits per heavy atom. The first kappa shape index (κ1) is 38.7. The van der Waals surface area contributed by atoms with E-state index in [2.05, 4.69) is 0 Å².